The van der Waals surface area contributed by atoms with E-state index in [4.69, 9.17) is 5.73 Å². The lowest BCUT2D eigenvalue weighted by Gasteiger charge is -2.15. The van der Waals surface area contributed by atoms with Crippen molar-refractivity contribution in [2.24, 2.45) is 17.6 Å². The number of carbonyl (C=O) groups is 1. The number of nitrogens with one attached hydrogen (secondary N) is 1. The minimum atomic E-state index is -0.0648. The van der Waals surface area contributed by atoms with Crippen molar-refractivity contribution in [3.05, 3.63) is 12.3 Å². The van der Waals surface area contributed by atoms with E-state index in [2.05, 4.69) is 28.8 Å². The van der Waals surface area contributed by atoms with Gasteiger partial charge in [0, 0.05) is 12.5 Å². The van der Waals surface area contributed by atoms with E-state index in [1.165, 1.54) is 6.26 Å². The van der Waals surface area contributed by atoms with E-state index in [1.807, 2.05) is 0 Å². The molecule has 0 aromatic carbocycles. The van der Waals surface area contributed by atoms with Crippen LogP contribution in [0.4, 0.5) is 5.82 Å². The van der Waals surface area contributed by atoms with Crippen LogP contribution in [0.25, 0.3) is 0 Å². The summed E-state index contributed by atoms with van der Waals surface area (Å²) in [6.07, 6.45) is 2.81. The number of carbonyl (C=O) groups excluding carboxylic acids is 1. The minimum absolute atomic E-state index is 0.0648. The van der Waals surface area contributed by atoms with Crippen LogP contribution in [0.5, 0.6) is 0 Å². The van der Waals surface area contributed by atoms with E-state index in [0.717, 1.165) is 6.42 Å². The van der Waals surface area contributed by atoms with Gasteiger partial charge in [-0.25, -0.2) is 0 Å². The van der Waals surface area contributed by atoms with Crippen molar-refractivity contribution in [1.29, 1.82) is 0 Å². The second kappa shape index (κ2) is 6.27. The largest absolute Gasteiger partial charge is 0.363 e. The van der Waals surface area contributed by atoms with Crippen LogP contribution in [0, 0.1) is 11.8 Å². The average Bonchev–Trinajstić information content (AvgIpc) is 2.68. The molecule has 0 radical (unpaired) electrons. The molecule has 5 heteroatoms. The Labute approximate surface area is 95.4 Å². The molecule has 0 bridgehead atoms. The summed E-state index contributed by atoms with van der Waals surface area (Å²) in [6.45, 7) is 4.78. The molecule has 1 rings (SSSR count). The van der Waals surface area contributed by atoms with Gasteiger partial charge in [-0.1, -0.05) is 19.0 Å². The van der Waals surface area contributed by atoms with E-state index in [9.17, 15) is 4.79 Å². The van der Waals surface area contributed by atoms with Crippen molar-refractivity contribution in [3.63, 3.8) is 0 Å². The zero-order chi connectivity index (χ0) is 12.0. The fourth-order valence-corrected chi connectivity index (χ4v) is 1.66. The van der Waals surface area contributed by atoms with Gasteiger partial charge in [0.05, 0.1) is 0 Å². The molecule has 90 valence electrons. The fourth-order valence-electron chi connectivity index (χ4n) is 1.66. The molecule has 0 aliphatic rings. The van der Waals surface area contributed by atoms with Crippen LogP contribution in [0.3, 0.4) is 0 Å². The lowest BCUT2D eigenvalue weighted by Crippen LogP contribution is -2.23. The van der Waals surface area contributed by atoms with Gasteiger partial charge in [0.2, 0.25) is 5.91 Å². The highest BCUT2D eigenvalue weighted by molar-refractivity contribution is 5.89. The number of anilines is 1. The Morgan fingerprint density at radius 1 is 1.62 bits per heavy atom. The zero-order valence-corrected chi connectivity index (χ0v) is 9.77. The van der Waals surface area contributed by atoms with Crippen molar-refractivity contribution >= 4 is 11.7 Å². The SMILES string of the molecule is CC(C)C[C@H](CN)CC(=O)Nc1ccon1. The van der Waals surface area contributed by atoms with Crippen molar-refractivity contribution in [2.75, 3.05) is 11.9 Å². The number of hydrogen-bond acceptors (Lipinski definition) is 4. The van der Waals surface area contributed by atoms with Gasteiger partial charge < -0.3 is 15.6 Å². The van der Waals surface area contributed by atoms with Gasteiger partial charge in [-0.2, -0.15) is 0 Å². The Morgan fingerprint density at radius 3 is 2.88 bits per heavy atom. The van der Waals surface area contributed by atoms with Gasteiger partial charge in [0.15, 0.2) is 5.82 Å². The Balaban J connectivity index is 2.37. The number of nitrogens with two attached hydrogens (primary N) is 1. The van der Waals surface area contributed by atoms with Crippen LogP contribution in [-0.2, 0) is 4.79 Å². The monoisotopic (exact) mass is 225 g/mol. The van der Waals surface area contributed by atoms with E-state index in [0.29, 0.717) is 24.7 Å². The lowest BCUT2D eigenvalue weighted by atomic mass is 9.94. The van der Waals surface area contributed by atoms with E-state index < -0.39 is 0 Å². The molecule has 1 atom stereocenters. The molecule has 0 aliphatic carbocycles. The molecular formula is C11H19N3O2. The first-order chi connectivity index (χ1) is 7.61. The highest BCUT2D eigenvalue weighted by Gasteiger charge is 2.14. The number of rotatable bonds is 6. The number of amides is 1. The summed E-state index contributed by atoms with van der Waals surface area (Å²) in [6, 6.07) is 1.61. The van der Waals surface area contributed by atoms with E-state index in [-0.39, 0.29) is 11.8 Å². The molecule has 0 saturated carbocycles. The lowest BCUT2D eigenvalue weighted by molar-refractivity contribution is -0.117. The number of nitrogens with zero attached hydrogens (tertiary/aromatic N) is 1. The summed E-state index contributed by atoms with van der Waals surface area (Å²) in [4.78, 5) is 11.6. The van der Waals surface area contributed by atoms with Crippen LogP contribution in [-0.4, -0.2) is 17.6 Å². The summed E-state index contributed by atoms with van der Waals surface area (Å²) < 4.78 is 4.62. The van der Waals surface area contributed by atoms with Gasteiger partial charge in [-0.3, -0.25) is 4.79 Å². The molecule has 1 aromatic rings. The van der Waals surface area contributed by atoms with Crippen molar-refractivity contribution in [1.82, 2.24) is 5.16 Å². The average molecular weight is 225 g/mol. The first-order valence-electron chi connectivity index (χ1n) is 5.52. The normalized spacial score (nSPS) is 12.8. The van der Waals surface area contributed by atoms with Gasteiger partial charge in [-0.15, -0.1) is 0 Å². The van der Waals surface area contributed by atoms with Gasteiger partial charge in [0.25, 0.3) is 0 Å². The maximum atomic E-state index is 11.6. The molecule has 1 amide bonds. The third kappa shape index (κ3) is 4.44. The maximum absolute atomic E-state index is 11.6. The maximum Gasteiger partial charge on any atom is 0.225 e. The molecule has 0 spiro atoms. The third-order valence-corrected chi connectivity index (χ3v) is 2.32. The Bertz CT molecular complexity index is 309. The van der Waals surface area contributed by atoms with Gasteiger partial charge in [0.1, 0.15) is 6.26 Å². The smallest absolute Gasteiger partial charge is 0.225 e. The van der Waals surface area contributed by atoms with Crippen LogP contribution in [0.2, 0.25) is 0 Å². The summed E-state index contributed by atoms with van der Waals surface area (Å²) in [5.41, 5.74) is 5.63. The minimum Gasteiger partial charge on any atom is -0.363 e. The Hall–Kier alpha value is -1.36. The first kappa shape index (κ1) is 12.7. The van der Waals surface area contributed by atoms with Gasteiger partial charge in [-0.05, 0) is 24.8 Å². The molecular weight excluding hydrogens is 206 g/mol. The molecule has 0 unspecified atom stereocenters. The quantitative estimate of drug-likeness (QED) is 0.770. The Morgan fingerprint density at radius 2 is 2.38 bits per heavy atom. The first-order valence-corrected chi connectivity index (χ1v) is 5.52. The summed E-state index contributed by atoms with van der Waals surface area (Å²) >= 11 is 0. The highest BCUT2D eigenvalue weighted by atomic mass is 16.5. The fraction of sp³-hybridized carbons (Fsp3) is 0.636. The van der Waals surface area contributed by atoms with Crippen molar-refractivity contribution in [3.8, 4) is 0 Å². The summed E-state index contributed by atoms with van der Waals surface area (Å²) in [5.74, 6) is 1.16. The van der Waals surface area contributed by atoms with E-state index in [1.54, 1.807) is 6.07 Å². The molecule has 5 nitrogen and oxygen atoms in total. The molecule has 0 fully saturated rings. The van der Waals surface area contributed by atoms with Crippen molar-refractivity contribution < 1.29 is 9.32 Å². The van der Waals surface area contributed by atoms with Crippen LogP contribution >= 0.6 is 0 Å². The molecule has 3 N–H and O–H groups in total. The predicted octanol–water partition coefficient (Wildman–Crippen LogP) is 1.62. The van der Waals surface area contributed by atoms with Crippen LogP contribution in [0.1, 0.15) is 26.7 Å². The van der Waals surface area contributed by atoms with E-state index >= 15 is 0 Å². The standard InChI is InChI=1S/C11H19N3O2/c1-8(2)5-9(7-12)6-11(15)13-10-3-4-16-14-10/h3-4,8-9H,5-7,12H2,1-2H3,(H,13,14,15)/t9-/m0/s1. The number of aromatic nitrogens is 1. The highest BCUT2D eigenvalue weighted by Crippen LogP contribution is 2.15. The Kier molecular flexibility index (Phi) is 4.98. The summed E-state index contributed by atoms with van der Waals surface area (Å²) in [5, 5.41) is 6.27. The molecule has 0 aliphatic heterocycles. The van der Waals surface area contributed by atoms with Crippen LogP contribution in [0.15, 0.2) is 16.9 Å². The third-order valence-electron chi connectivity index (χ3n) is 2.32. The van der Waals surface area contributed by atoms with Crippen LogP contribution < -0.4 is 11.1 Å². The predicted molar refractivity (Wildman–Crippen MR) is 61.7 cm³/mol. The summed E-state index contributed by atoms with van der Waals surface area (Å²) in [7, 11) is 0. The molecule has 16 heavy (non-hydrogen) atoms. The second-order valence-corrected chi connectivity index (χ2v) is 4.37. The van der Waals surface area contributed by atoms with Crippen molar-refractivity contribution in [2.45, 2.75) is 26.7 Å². The molecule has 1 heterocycles. The molecule has 0 saturated heterocycles. The number of hydrogen-bond donors (Lipinski definition) is 2. The van der Waals surface area contributed by atoms with Gasteiger partial charge >= 0.3 is 0 Å². The second-order valence-electron chi connectivity index (χ2n) is 4.37. The zero-order valence-electron chi connectivity index (χ0n) is 9.77. The topological polar surface area (TPSA) is 81.2 Å². The molecule has 1 aromatic heterocycles.